The van der Waals surface area contributed by atoms with Gasteiger partial charge in [0.15, 0.2) is 0 Å². The van der Waals surface area contributed by atoms with Gasteiger partial charge in [-0.1, -0.05) is 6.92 Å². The second kappa shape index (κ2) is 4.44. The second-order valence-electron chi connectivity index (χ2n) is 3.99. The van der Waals surface area contributed by atoms with E-state index in [1.807, 2.05) is 0 Å². The van der Waals surface area contributed by atoms with E-state index in [9.17, 15) is 13.2 Å². The van der Waals surface area contributed by atoms with Crippen molar-refractivity contribution in [2.24, 2.45) is 0 Å². The fourth-order valence-electron chi connectivity index (χ4n) is 1.91. The van der Waals surface area contributed by atoms with E-state index in [0.29, 0.717) is 11.3 Å². The maximum atomic E-state index is 11.5. The molecule has 2 unspecified atom stereocenters. The van der Waals surface area contributed by atoms with Crippen molar-refractivity contribution in [3.05, 3.63) is 23.8 Å². The molecule has 5 nitrogen and oxygen atoms in total. The molecule has 1 aliphatic heterocycles. The average Bonchev–Trinajstić information content (AvgIpc) is 2.64. The number of rotatable bonds is 2. The summed E-state index contributed by atoms with van der Waals surface area (Å²) in [6, 6.07) is 4.25. The molecule has 1 aromatic rings. The largest absolute Gasteiger partial charge is 0.478 e. The Labute approximate surface area is 109 Å². The van der Waals surface area contributed by atoms with Crippen molar-refractivity contribution < 1.29 is 22.7 Å². The highest BCUT2D eigenvalue weighted by Gasteiger charge is 2.37. The molecular weight excluding hydrogens is 280 g/mol. The molecule has 2 rings (SSSR count). The van der Waals surface area contributed by atoms with Gasteiger partial charge in [0.05, 0.1) is 12.0 Å². The fraction of sp³-hybridized carbons (Fsp3) is 0.364. The molecule has 0 spiro atoms. The molecule has 1 aromatic carbocycles. The summed E-state index contributed by atoms with van der Waals surface area (Å²) >= 11 is 0. The lowest BCUT2D eigenvalue weighted by atomic mass is 9.98. The van der Waals surface area contributed by atoms with Crippen LogP contribution in [-0.2, 0) is 18.6 Å². The maximum absolute atomic E-state index is 11.5. The molecule has 0 radical (unpaired) electrons. The van der Waals surface area contributed by atoms with Crippen LogP contribution in [0.1, 0.15) is 18.4 Å². The number of ether oxygens (including phenoxy) is 2. The highest BCUT2D eigenvalue weighted by Crippen LogP contribution is 2.39. The molecule has 1 heterocycles. The Morgan fingerprint density at radius 3 is 2.67 bits per heavy atom. The van der Waals surface area contributed by atoms with E-state index in [2.05, 4.69) is 4.74 Å². The topological polar surface area (TPSA) is 69.7 Å². The van der Waals surface area contributed by atoms with Crippen LogP contribution in [0.25, 0.3) is 0 Å². The van der Waals surface area contributed by atoms with E-state index in [1.165, 1.54) is 25.3 Å². The number of methoxy groups -OCH3 is 1. The minimum atomic E-state index is -3.79. The molecule has 18 heavy (non-hydrogen) atoms. The van der Waals surface area contributed by atoms with E-state index in [1.54, 1.807) is 6.92 Å². The monoisotopic (exact) mass is 290 g/mol. The Kier molecular flexibility index (Phi) is 3.25. The molecule has 2 atom stereocenters. The molecule has 0 fully saturated rings. The van der Waals surface area contributed by atoms with Crippen molar-refractivity contribution in [1.82, 2.24) is 0 Å². The number of hydrogen-bond acceptors (Lipinski definition) is 5. The van der Waals surface area contributed by atoms with Gasteiger partial charge in [-0.05, 0) is 18.2 Å². The summed E-state index contributed by atoms with van der Waals surface area (Å²) in [5, 5.41) is 0. The molecule has 0 saturated carbocycles. The number of halogens is 1. The Morgan fingerprint density at radius 2 is 2.11 bits per heavy atom. The summed E-state index contributed by atoms with van der Waals surface area (Å²) < 4.78 is 32.5. The minimum absolute atomic E-state index is 0.0103. The highest BCUT2D eigenvalue weighted by atomic mass is 35.7. The number of carbonyl (C=O) groups is 1. The molecule has 0 bridgehead atoms. The summed E-state index contributed by atoms with van der Waals surface area (Å²) in [5.41, 5.74) is 0.632. The van der Waals surface area contributed by atoms with E-state index >= 15 is 0 Å². The van der Waals surface area contributed by atoms with Crippen molar-refractivity contribution >= 4 is 25.7 Å². The predicted octanol–water partition coefficient (Wildman–Crippen LogP) is 1.65. The van der Waals surface area contributed by atoms with Crippen LogP contribution in [0.4, 0.5) is 0 Å². The van der Waals surface area contributed by atoms with E-state index in [0.717, 1.165) is 0 Å². The van der Waals surface area contributed by atoms with Crippen LogP contribution in [0, 0.1) is 0 Å². The first-order chi connectivity index (χ1) is 8.34. The van der Waals surface area contributed by atoms with Crippen molar-refractivity contribution in [1.29, 1.82) is 0 Å². The van der Waals surface area contributed by atoms with E-state index < -0.39 is 21.1 Å². The van der Waals surface area contributed by atoms with Crippen molar-refractivity contribution in [2.45, 2.75) is 23.8 Å². The van der Waals surface area contributed by atoms with Crippen LogP contribution in [0.5, 0.6) is 5.75 Å². The van der Waals surface area contributed by atoms with Crippen LogP contribution >= 0.6 is 10.7 Å². The summed E-state index contributed by atoms with van der Waals surface area (Å²) in [4.78, 5) is 11.5. The Balaban J connectivity index is 2.42. The fourth-order valence-corrected chi connectivity index (χ4v) is 2.70. The minimum Gasteiger partial charge on any atom is -0.478 e. The standard InChI is InChI=1S/C11H11ClO5S/c1-6-8-5-7(18(12,14)15)3-4-9(8)17-10(6)11(13)16-2/h3-6,10H,1-2H3. The second-order valence-corrected chi connectivity index (χ2v) is 6.55. The van der Waals surface area contributed by atoms with Crippen LogP contribution in [0.3, 0.4) is 0 Å². The first-order valence-electron chi connectivity index (χ1n) is 5.17. The molecule has 0 aromatic heterocycles. The molecule has 1 aliphatic rings. The van der Waals surface area contributed by atoms with Gasteiger partial charge in [0.25, 0.3) is 9.05 Å². The van der Waals surface area contributed by atoms with Gasteiger partial charge in [-0.15, -0.1) is 0 Å². The van der Waals surface area contributed by atoms with Gasteiger partial charge in [0, 0.05) is 22.2 Å². The summed E-state index contributed by atoms with van der Waals surface area (Å²) in [5.74, 6) is -0.304. The summed E-state index contributed by atoms with van der Waals surface area (Å²) in [6.45, 7) is 1.76. The predicted molar refractivity (Wildman–Crippen MR) is 64.3 cm³/mol. The molecule has 0 amide bonds. The summed E-state index contributed by atoms with van der Waals surface area (Å²) in [7, 11) is 2.76. The van der Waals surface area contributed by atoms with Crippen LogP contribution in [-0.4, -0.2) is 27.6 Å². The molecule has 0 aliphatic carbocycles. The van der Waals surface area contributed by atoms with Gasteiger partial charge >= 0.3 is 5.97 Å². The van der Waals surface area contributed by atoms with Crippen molar-refractivity contribution in [3.63, 3.8) is 0 Å². The van der Waals surface area contributed by atoms with Gasteiger partial charge in [0.2, 0.25) is 6.10 Å². The smallest absolute Gasteiger partial charge is 0.347 e. The van der Waals surface area contributed by atoms with Crippen LogP contribution < -0.4 is 4.74 Å². The molecule has 7 heteroatoms. The zero-order valence-electron chi connectivity index (χ0n) is 9.71. The lowest BCUT2D eigenvalue weighted by Crippen LogP contribution is -2.28. The zero-order chi connectivity index (χ0) is 13.5. The van der Waals surface area contributed by atoms with Gasteiger partial charge in [-0.25, -0.2) is 13.2 Å². The number of benzene rings is 1. The zero-order valence-corrected chi connectivity index (χ0v) is 11.3. The Bertz CT molecular complexity index is 595. The number of fused-ring (bicyclic) bond motifs is 1. The Hall–Kier alpha value is -1.27. The van der Waals surface area contributed by atoms with Crippen LogP contribution in [0.2, 0.25) is 0 Å². The number of carbonyl (C=O) groups excluding carboxylic acids is 1. The third-order valence-electron chi connectivity index (χ3n) is 2.89. The van der Waals surface area contributed by atoms with Gasteiger partial charge in [-0.3, -0.25) is 0 Å². The third kappa shape index (κ3) is 2.18. The van der Waals surface area contributed by atoms with Gasteiger partial charge in [-0.2, -0.15) is 0 Å². The van der Waals surface area contributed by atoms with Crippen molar-refractivity contribution in [3.8, 4) is 5.75 Å². The first-order valence-corrected chi connectivity index (χ1v) is 7.48. The average molecular weight is 291 g/mol. The van der Waals surface area contributed by atoms with E-state index in [4.69, 9.17) is 15.4 Å². The van der Waals surface area contributed by atoms with Gasteiger partial charge in [0.1, 0.15) is 5.75 Å². The van der Waals surface area contributed by atoms with Crippen LogP contribution in [0.15, 0.2) is 23.1 Å². The quantitative estimate of drug-likeness (QED) is 0.612. The molecule has 0 N–H and O–H groups in total. The highest BCUT2D eigenvalue weighted by molar-refractivity contribution is 8.13. The third-order valence-corrected chi connectivity index (χ3v) is 4.25. The maximum Gasteiger partial charge on any atom is 0.347 e. The summed E-state index contributed by atoms with van der Waals surface area (Å²) in [6.07, 6.45) is -0.752. The normalized spacial score (nSPS) is 22.2. The number of esters is 1. The lowest BCUT2D eigenvalue weighted by molar-refractivity contribution is -0.148. The first kappa shape index (κ1) is 13.2. The molecule has 0 saturated heterocycles. The lowest BCUT2D eigenvalue weighted by Gasteiger charge is -2.11. The number of hydrogen-bond donors (Lipinski definition) is 0. The SMILES string of the molecule is COC(=O)C1Oc2ccc(S(=O)(=O)Cl)cc2C1C. The van der Waals surface area contributed by atoms with Gasteiger partial charge < -0.3 is 9.47 Å². The van der Waals surface area contributed by atoms with E-state index in [-0.39, 0.29) is 10.8 Å². The van der Waals surface area contributed by atoms with Crippen molar-refractivity contribution in [2.75, 3.05) is 7.11 Å². The molecular formula is C11H11ClO5S. The Morgan fingerprint density at radius 1 is 1.44 bits per heavy atom. The molecule has 98 valence electrons.